The highest BCUT2D eigenvalue weighted by molar-refractivity contribution is 7.21. The van der Waals surface area contributed by atoms with Gasteiger partial charge >= 0.3 is 0 Å². The fourth-order valence-electron chi connectivity index (χ4n) is 2.11. The van der Waals surface area contributed by atoms with E-state index in [1.54, 1.807) is 17.5 Å². The van der Waals surface area contributed by atoms with Crippen LogP contribution in [0.25, 0.3) is 9.88 Å². The predicted octanol–water partition coefficient (Wildman–Crippen LogP) is 3.87. The van der Waals surface area contributed by atoms with Crippen LogP contribution in [0.2, 0.25) is 0 Å². The third-order valence-corrected chi connectivity index (χ3v) is 5.38. The minimum atomic E-state index is -0.0828. The molecular formula is C17H17N3OS2. The standard InChI is InChI=1S/C17H17N3OS2/c1-20(2)13-6-3-5-12(9-13)10-18-16(21)15-11-19-17(23-15)14-7-4-8-22-14/h3-9,11H,10H2,1-2H3,(H,18,21). The topological polar surface area (TPSA) is 45.2 Å². The number of hydrogen-bond acceptors (Lipinski definition) is 5. The largest absolute Gasteiger partial charge is 0.378 e. The number of carbonyl (C=O) groups is 1. The average molecular weight is 343 g/mol. The Balaban J connectivity index is 1.65. The molecule has 1 amide bonds. The van der Waals surface area contributed by atoms with Crippen LogP contribution in [0.15, 0.2) is 48.0 Å². The number of amides is 1. The number of thiophene rings is 1. The van der Waals surface area contributed by atoms with E-state index in [4.69, 9.17) is 0 Å². The molecule has 6 heteroatoms. The Bertz CT molecular complexity index is 794. The lowest BCUT2D eigenvalue weighted by Crippen LogP contribution is -2.22. The first-order valence-electron chi connectivity index (χ1n) is 7.17. The Labute approximate surface area is 143 Å². The number of carbonyl (C=O) groups excluding carboxylic acids is 1. The van der Waals surface area contributed by atoms with Crippen molar-refractivity contribution in [2.24, 2.45) is 0 Å². The Hall–Kier alpha value is -2.18. The van der Waals surface area contributed by atoms with E-state index < -0.39 is 0 Å². The van der Waals surface area contributed by atoms with Crippen molar-refractivity contribution in [3.63, 3.8) is 0 Å². The van der Waals surface area contributed by atoms with Gasteiger partial charge in [-0.1, -0.05) is 18.2 Å². The lowest BCUT2D eigenvalue weighted by Gasteiger charge is -2.13. The van der Waals surface area contributed by atoms with Crippen LogP contribution >= 0.6 is 22.7 Å². The van der Waals surface area contributed by atoms with Gasteiger partial charge < -0.3 is 10.2 Å². The second-order valence-corrected chi connectivity index (χ2v) is 7.23. The van der Waals surface area contributed by atoms with Crippen LogP contribution in [0, 0.1) is 0 Å². The molecule has 0 aliphatic heterocycles. The molecule has 2 heterocycles. The molecule has 0 radical (unpaired) electrons. The molecule has 3 aromatic rings. The number of nitrogens with zero attached hydrogens (tertiary/aromatic N) is 2. The molecule has 0 bridgehead atoms. The highest BCUT2D eigenvalue weighted by Gasteiger charge is 2.12. The van der Waals surface area contributed by atoms with E-state index >= 15 is 0 Å². The lowest BCUT2D eigenvalue weighted by molar-refractivity contribution is 0.0955. The van der Waals surface area contributed by atoms with Crippen molar-refractivity contribution in [1.29, 1.82) is 0 Å². The maximum Gasteiger partial charge on any atom is 0.263 e. The summed E-state index contributed by atoms with van der Waals surface area (Å²) in [6.45, 7) is 0.507. The zero-order chi connectivity index (χ0) is 16.2. The van der Waals surface area contributed by atoms with Gasteiger partial charge in [-0.2, -0.15) is 0 Å². The molecule has 0 atom stereocenters. The van der Waals surface area contributed by atoms with Gasteiger partial charge in [0.15, 0.2) is 0 Å². The van der Waals surface area contributed by atoms with Crippen LogP contribution in [-0.4, -0.2) is 25.0 Å². The Morgan fingerprint density at radius 1 is 1.26 bits per heavy atom. The first-order valence-corrected chi connectivity index (χ1v) is 8.87. The van der Waals surface area contributed by atoms with Crippen LogP contribution in [0.3, 0.4) is 0 Å². The third kappa shape index (κ3) is 3.78. The molecule has 0 aliphatic carbocycles. The second kappa shape index (κ2) is 6.93. The minimum absolute atomic E-state index is 0.0828. The number of rotatable bonds is 5. The van der Waals surface area contributed by atoms with E-state index in [-0.39, 0.29) is 5.91 Å². The average Bonchev–Trinajstić information content (AvgIpc) is 3.23. The Kier molecular flexibility index (Phi) is 4.73. The summed E-state index contributed by atoms with van der Waals surface area (Å²) in [4.78, 5) is 20.4. The van der Waals surface area contributed by atoms with Gasteiger partial charge in [0.2, 0.25) is 0 Å². The van der Waals surface area contributed by atoms with Crippen molar-refractivity contribution in [3.05, 3.63) is 58.4 Å². The zero-order valence-electron chi connectivity index (χ0n) is 12.9. The van der Waals surface area contributed by atoms with Crippen LogP contribution in [0.5, 0.6) is 0 Å². The van der Waals surface area contributed by atoms with Crippen LogP contribution in [0.4, 0.5) is 5.69 Å². The molecule has 118 valence electrons. The fourth-order valence-corrected chi connectivity index (χ4v) is 3.74. The van der Waals surface area contributed by atoms with E-state index in [1.807, 2.05) is 54.7 Å². The third-order valence-electron chi connectivity index (χ3n) is 3.34. The van der Waals surface area contributed by atoms with E-state index in [0.29, 0.717) is 11.4 Å². The summed E-state index contributed by atoms with van der Waals surface area (Å²) in [5.41, 5.74) is 2.20. The van der Waals surface area contributed by atoms with Gasteiger partial charge in [-0.15, -0.1) is 22.7 Å². The van der Waals surface area contributed by atoms with Crippen molar-refractivity contribution in [2.45, 2.75) is 6.54 Å². The van der Waals surface area contributed by atoms with Gasteiger partial charge in [0.25, 0.3) is 5.91 Å². The monoisotopic (exact) mass is 343 g/mol. The molecule has 0 unspecified atom stereocenters. The fraction of sp³-hybridized carbons (Fsp3) is 0.176. The Morgan fingerprint density at radius 3 is 2.87 bits per heavy atom. The first-order chi connectivity index (χ1) is 11.1. The zero-order valence-corrected chi connectivity index (χ0v) is 14.6. The summed E-state index contributed by atoms with van der Waals surface area (Å²) in [6.07, 6.45) is 1.64. The van der Waals surface area contributed by atoms with Gasteiger partial charge in [-0.25, -0.2) is 4.98 Å². The van der Waals surface area contributed by atoms with E-state index in [2.05, 4.69) is 16.4 Å². The van der Waals surface area contributed by atoms with Crippen molar-refractivity contribution in [3.8, 4) is 9.88 Å². The summed E-state index contributed by atoms with van der Waals surface area (Å²) < 4.78 is 0. The van der Waals surface area contributed by atoms with Gasteiger partial charge in [0.1, 0.15) is 9.88 Å². The number of thiazole rings is 1. The van der Waals surface area contributed by atoms with Gasteiger partial charge in [0, 0.05) is 26.3 Å². The first kappa shape index (κ1) is 15.7. The molecule has 23 heavy (non-hydrogen) atoms. The summed E-state index contributed by atoms with van der Waals surface area (Å²) in [5.74, 6) is -0.0828. The van der Waals surface area contributed by atoms with E-state index in [0.717, 1.165) is 21.1 Å². The minimum Gasteiger partial charge on any atom is -0.378 e. The summed E-state index contributed by atoms with van der Waals surface area (Å²) in [6, 6.07) is 12.1. The lowest BCUT2D eigenvalue weighted by atomic mass is 10.2. The molecule has 4 nitrogen and oxygen atoms in total. The number of hydrogen-bond donors (Lipinski definition) is 1. The predicted molar refractivity (Wildman–Crippen MR) is 97.4 cm³/mol. The van der Waals surface area contributed by atoms with Crippen LogP contribution in [-0.2, 0) is 6.54 Å². The highest BCUT2D eigenvalue weighted by atomic mass is 32.1. The summed E-state index contributed by atoms with van der Waals surface area (Å²) in [7, 11) is 4.00. The highest BCUT2D eigenvalue weighted by Crippen LogP contribution is 2.28. The normalized spacial score (nSPS) is 10.5. The number of benzene rings is 1. The molecule has 1 aromatic carbocycles. The molecule has 0 spiro atoms. The quantitative estimate of drug-likeness (QED) is 0.765. The number of anilines is 1. The van der Waals surface area contributed by atoms with Crippen LogP contribution in [0.1, 0.15) is 15.2 Å². The summed E-state index contributed by atoms with van der Waals surface area (Å²) >= 11 is 3.05. The number of nitrogens with one attached hydrogen (secondary N) is 1. The van der Waals surface area contributed by atoms with Gasteiger partial charge in [-0.05, 0) is 29.1 Å². The molecule has 0 saturated carbocycles. The molecule has 3 rings (SSSR count). The number of aromatic nitrogens is 1. The van der Waals surface area contributed by atoms with Crippen molar-refractivity contribution >= 4 is 34.3 Å². The molecule has 0 saturated heterocycles. The van der Waals surface area contributed by atoms with Crippen molar-refractivity contribution in [1.82, 2.24) is 10.3 Å². The molecule has 0 fully saturated rings. The molecule has 0 aliphatic rings. The second-order valence-electron chi connectivity index (χ2n) is 5.25. The van der Waals surface area contributed by atoms with Gasteiger partial charge in [0.05, 0.1) is 11.1 Å². The molecular weight excluding hydrogens is 326 g/mol. The SMILES string of the molecule is CN(C)c1cccc(CNC(=O)c2cnc(-c3cccs3)s2)c1. The Morgan fingerprint density at radius 2 is 2.13 bits per heavy atom. The smallest absolute Gasteiger partial charge is 0.263 e. The maximum absolute atomic E-state index is 12.3. The van der Waals surface area contributed by atoms with Crippen molar-refractivity contribution in [2.75, 3.05) is 19.0 Å². The van der Waals surface area contributed by atoms with Crippen LogP contribution < -0.4 is 10.2 Å². The summed E-state index contributed by atoms with van der Waals surface area (Å²) in [5, 5.41) is 5.85. The van der Waals surface area contributed by atoms with E-state index in [1.165, 1.54) is 11.3 Å². The maximum atomic E-state index is 12.3. The van der Waals surface area contributed by atoms with Crippen molar-refractivity contribution < 1.29 is 4.79 Å². The molecule has 1 N–H and O–H groups in total. The molecule has 2 aromatic heterocycles. The van der Waals surface area contributed by atoms with Gasteiger partial charge in [-0.3, -0.25) is 4.79 Å². The van der Waals surface area contributed by atoms with E-state index in [9.17, 15) is 4.79 Å².